The molecule has 1 aromatic rings. The number of nitrogens with one attached hydrogen (secondary N) is 1. The van der Waals surface area contributed by atoms with Crippen molar-refractivity contribution in [1.29, 1.82) is 0 Å². The summed E-state index contributed by atoms with van der Waals surface area (Å²) >= 11 is 0. The van der Waals surface area contributed by atoms with Gasteiger partial charge in [0.05, 0.1) is 0 Å². The Kier molecular flexibility index (Phi) is 4.65. The molecule has 0 unspecified atom stereocenters. The number of carboxylic acids is 1. The van der Waals surface area contributed by atoms with Crippen LogP contribution in [0.15, 0.2) is 18.3 Å². The first kappa shape index (κ1) is 14.0. The van der Waals surface area contributed by atoms with Gasteiger partial charge in [0.1, 0.15) is 11.7 Å². The van der Waals surface area contributed by atoms with Gasteiger partial charge in [0, 0.05) is 11.9 Å². The predicted molar refractivity (Wildman–Crippen MR) is 67.3 cm³/mol. The van der Waals surface area contributed by atoms with E-state index in [1.165, 1.54) is 12.3 Å². The number of aliphatic carboxylic acids is 1. The number of hydrogen-bond donors (Lipinski definition) is 3. The molecule has 18 heavy (non-hydrogen) atoms. The van der Waals surface area contributed by atoms with Gasteiger partial charge in [-0.1, -0.05) is 13.8 Å². The van der Waals surface area contributed by atoms with Crippen LogP contribution in [-0.2, 0) is 4.79 Å². The number of primary amides is 1. The molecule has 0 fully saturated rings. The van der Waals surface area contributed by atoms with Gasteiger partial charge in [0.2, 0.25) is 0 Å². The minimum atomic E-state index is -0.930. The van der Waals surface area contributed by atoms with Gasteiger partial charge in [0.25, 0.3) is 5.91 Å². The van der Waals surface area contributed by atoms with Gasteiger partial charge < -0.3 is 16.2 Å². The van der Waals surface area contributed by atoms with Crippen LogP contribution in [0.3, 0.4) is 0 Å². The zero-order chi connectivity index (χ0) is 13.7. The molecule has 98 valence electrons. The Morgan fingerprint density at radius 2 is 2.17 bits per heavy atom. The van der Waals surface area contributed by atoms with E-state index in [1.54, 1.807) is 6.07 Å². The van der Waals surface area contributed by atoms with Crippen LogP contribution in [-0.4, -0.2) is 28.0 Å². The van der Waals surface area contributed by atoms with E-state index in [1.807, 2.05) is 13.8 Å². The van der Waals surface area contributed by atoms with E-state index < -0.39 is 17.9 Å². The molecule has 0 bridgehead atoms. The predicted octanol–water partition coefficient (Wildman–Crippen LogP) is 1.09. The molecule has 0 spiro atoms. The number of carbonyl (C=O) groups excluding carboxylic acids is 1. The summed E-state index contributed by atoms with van der Waals surface area (Å²) in [6.07, 6.45) is 1.90. The number of nitrogens with zero attached hydrogens (tertiary/aromatic N) is 1. The van der Waals surface area contributed by atoms with Gasteiger partial charge in [-0.25, -0.2) is 4.79 Å². The van der Waals surface area contributed by atoms with E-state index in [-0.39, 0.29) is 11.6 Å². The van der Waals surface area contributed by atoms with Crippen LogP contribution in [0.5, 0.6) is 0 Å². The zero-order valence-electron chi connectivity index (χ0n) is 10.4. The molecule has 6 nitrogen and oxygen atoms in total. The van der Waals surface area contributed by atoms with Crippen molar-refractivity contribution in [2.75, 3.05) is 5.32 Å². The van der Waals surface area contributed by atoms with Crippen LogP contribution in [0.1, 0.15) is 30.8 Å². The number of pyridine rings is 1. The molecule has 0 saturated heterocycles. The van der Waals surface area contributed by atoms with E-state index in [9.17, 15) is 9.59 Å². The number of rotatable bonds is 6. The fourth-order valence-electron chi connectivity index (χ4n) is 1.55. The average molecular weight is 251 g/mol. The molecular formula is C12H17N3O3. The highest BCUT2D eigenvalue weighted by Gasteiger charge is 2.18. The molecule has 6 heteroatoms. The lowest BCUT2D eigenvalue weighted by atomic mass is 10.0. The lowest BCUT2D eigenvalue weighted by molar-refractivity contribution is -0.138. The van der Waals surface area contributed by atoms with Gasteiger partial charge >= 0.3 is 5.97 Å². The Labute approximate surface area is 105 Å². The zero-order valence-corrected chi connectivity index (χ0v) is 10.4. The van der Waals surface area contributed by atoms with E-state index in [2.05, 4.69) is 10.3 Å². The number of aromatic nitrogens is 1. The Hall–Kier alpha value is -2.11. The van der Waals surface area contributed by atoms with Gasteiger partial charge in [0.15, 0.2) is 0 Å². The van der Waals surface area contributed by atoms with Crippen LogP contribution >= 0.6 is 0 Å². The maximum atomic E-state index is 11.1. The lowest BCUT2D eigenvalue weighted by Crippen LogP contribution is -2.30. The molecule has 0 saturated carbocycles. The third-order valence-electron chi connectivity index (χ3n) is 2.36. The average Bonchev–Trinajstić information content (AvgIpc) is 2.27. The summed E-state index contributed by atoms with van der Waals surface area (Å²) in [6, 6.07) is 2.34. The first-order valence-electron chi connectivity index (χ1n) is 5.65. The summed E-state index contributed by atoms with van der Waals surface area (Å²) in [5, 5.41) is 11.9. The first-order chi connectivity index (χ1) is 8.40. The van der Waals surface area contributed by atoms with Crippen LogP contribution in [0, 0.1) is 5.92 Å². The molecule has 4 N–H and O–H groups in total. The second-order valence-corrected chi connectivity index (χ2v) is 4.46. The number of carbonyl (C=O) groups is 2. The summed E-state index contributed by atoms with van der Waals surface area (Å²) in [4.78, 5) is 25.8. The highest BCUT2D eigenvalue weighted by atomic mass is 16.4. The van der Waals surface area contributed by atoms with Crippen molar-refractivity contribution in [1.82, 2.24) is 4.98 Å². The number of carboxylic acid groups (broad SMARTS) is 1. The molecule has 1 aromatic heterocycles. The lowest BCUT2D eigenvalue weighted by Gasteiger charge is -2.17. The van der Waals surface area contributed by atoms with E-state index >= 15 is 0 Å². The van der Waals surface area contributed by atoms with Gasteiger partial charge in [-0.3, -0.25) is 9.78 Å². The Balaban J connectivity index is 2.83. The molecule has 0 aliphatic carbocycles. The third kappa shape index (κ3) is 4.04. The molecule has 0 aliphatic rings. The van der Waals surface area contributed by atoms with Crippen molar-refractivity contribution < 1.29 is 14.7 Å². The van der Waals surface area contributed by atoms with Crippen molar-refractivity contribution in [3.8, 4) is 0 Å². The normalized spacial score (nSPS) is 12.2. The maximum Gasteiger partial charge on any atom is 0.326 e. The summed E-state index contributed by atoms with van der Waals surface area (Å²) in [6.45, 7) is 3.89. The fraction of sp³-hybridized carbons (Fsp3) is 0.417. The summed E-state index contributed by atoms with van der Waals surface area (Å²) in [5.74, 6) is -1.33. The fourth-order valence-corrected chi connectivity index (χ4v) is 1.55. The minimum absolute atomic E-state index is 0.105. The first-order valence-corrected chi connectivity index (χ1v) is 5.65. The molecule has 1 atom stereocenters. The highest BCUT2D eigenvalue weighted by Crippen LogP contribution is 2.14. The van der Waals surface area contributed by atoms with Gasteiger partial charge in [-0.05, 0) is 24.5 Å². The van der Waals surface area contributed by atoms with Crippen LogP contribution in [0.2, 0.25) is 0 Å². The number of nitrogens with two attached hydrogens (primary N) is 1. The second kappa shape index (κ2) is 6.00. The molecule has 1 amide bonds. The van der Waals surface area contributed by atoms with E-state index in [0.29, 0.717) is 12.1 Å². The summed E-state index contributed by atoms with van der Waals surface area (Å²) in [7, 11) is 0. The third-order valence-corrected chi connectivity index (χ3v) is 2.36. The Morgan fingerprint density at radius 1 is 1.50 bits per heavy atom. The molecule has 0 aliphatic heterocycles. The highest BCUT2D eigenvalue weighted by molar-refractivity contribution is 5.91. The minimum Gasteiger partial charge on any atom is -0.480 e. The SMILES string of the molecule is CC(C)C[C@@H](Nc1ccnc(C(N)=O)c1)C(=O)O. The molecular weight excluding hydrogens is 234 g/mol. The summed E-state index contributed by atoms with van der Waals surface area (Å²) < 4.78 is 0. The maximum absolute atomic E-state index is 11.1. The Morgan fingerprint density at radius 3 is 2.67 bits per heavy atom. The van der Waals surface area contributed by atoms with Crippen molar-refractivity contribution in [2.24, 2.45) is 11.7 Å². The number of amides is 1. The number of anilines is 1. The van der Waals surface area contributed by atoms with Gasteiger partial charge in [-0.15, -0.1) is 0 Å². The van der Waals surface area contributed by atoms with Crippen molar-refractivity contribution >= 4 is 17.6 Å². The summed E-state index contributed by atoms with van der Waals surface area (Å²) in [5.41, 5.74) is 5.73. The molecule has 1 rings (SSSR count). The van der Waals surface area contributed by atoms with E-state index in [0.717, 1.165) is 0 Å². The molecule has 1 heterocycles. The van der Waals surface area contributed by atoms with Crippen LogP contribution < -0.4 is 11.1 Å². The van der Waals surface area contributed by atoms with Crippen molar-refractivity contribution in [2.45, 2.75) is 26.3 Å². The van der Waals surface area contributed by atoms with Crippen LogP contribution in [0.4, 0.5) is 5.69 Å². The molecule has 0 radical (unpaired) electrons. The van der Waals surface area contributed by atoms with Crippen molar-refractivity contribution in [3.63, 3.8) is 0 Å². The quantitative estimate of drug-likeness (QED) is 0.701. The monoisotopic (exact) mass is 251 g/mol. The topological polar surface area (TPSA) is 105 Å². The Bertz CT molecular complexity index is 446. The van der Waals surface area contributed by atoms with Crippen LogP contribution in [0.25, 0.3) is 0 Å². The standard InChI is InChI=1S/C12H17N3O3/c1-7(2)5-10(12(17)18)15-8-3-4-14-9(6-8)11(13)16/h3-4,6-7,10H,5H2,1-2H3,(H2,13,16)(H,14,15)(H,17,18)/t10-/m1/s1. The number of hydrogen-bond acceptors (Lipinski definition) is 4. The second-order valence-electron chi connectivity index (χ2n) is 4.46. The van der Waals surface area contributed by atoms with Gasteiger partial charge in [-0.2, -0.15) is 0 Å². The smallest absolute Gasteiger partial charge is 0.326 e. The van der Waals surface area contributed by atoms with E-state index in [4.69, 9.17) is 10.8 Å². The molecule has 0 aromatic carbocycles. The van der Waals surface area contributed by atoms with Crippen molar-refractivity contribution in [3.05, 3.63) is 24.0 Å². The largest absolute Gasteiger partial charge is 0.480 e.